The molecule has 0 radical (unpaired) electrons. The molecule has 1 aromatic rings. The van der Waals surface area contributed by atoms with Gasteiger partial charge in [0.1, 0.15) is 0 Å². The molecule has 0 bridgehead atoms. The highest BCUT2D eigenvalue weighted by Crippen LogP contribution is 2.25. The monoisotopic (exact) mass is 246 g/mol. The zero-order valence-electron chi connectivity index (χ0n) is 10.8. The summed E-state index contributed by atoms with van der Waals surface area (Å²) in [5.41, 5.74) is 6.95. The first kappa shape index (κ1) is 12.9. The van der Waals surface area contributed by atoms with E-state index in [1.165, 1.54) is 32.1 Å². The minimum Gasteiger partial charge on any atom is -0.399 e. The van der Waals surface area contributed by atoms with Crippen LogP contribution >= 0.6 is 0 Å². The fourth-order valence-electron chi connectivity index (χ4n) is 2.65. The molecule has 3 heteroatoms. The molecular formula is C15H22N2O. The van der Waals surface area contributed by atoms with Crippen molar-refractivity contribution in [3.05, 3.63) is 29.8 Å². The molecule has 18 heavy (non-hydrogen) atoms. The average molecular weight is 246 g/mol. The van der Waals surface area contributed by atoms with E-state index >= 15 is 0 Å². The summed E-state index contributed by atoms with van der Waals surface area (Å²) < 4.78 is 0. The molecule has 1 amide bonds. The molecule has 1 aromatic carbocycles. The van der Waals surface area contributed by atoms with Crippen LogP contribution in [0.15, 0.2) is 24.3 Å². The quantitative estimate of drug-likeness (QED) is 0.802. The molecule has 0 spiro atoms. The number of carbonyl (C=O) groups excluding carboxylic acids is 1. The van der Waals surface area contributed by atoms with Gasteiger partial charge < -0.3 is 11.1 Å². The Morgan fingerprint density at radius 1 is 1.28 bits per heavy atom. The second kappa shape index (κ2) is 6.43. The van der Waals surface area contributed by atoms with E-state index < -0.39 is 0 Å². The summed E-state index contributed by atoms with van der Waals surface area (Å²) >= 11 is 0. The first-order valence-electron chi connectivity index (χ1n) is 6.89. The minimum absolute atomic E-state index is 0.0156. The summed E-state index contributed by atoms with van der Waals surface area (Å²) in [6, 6.07) is 7.12. The normalized spacial score (nSPS) is 16.4. The predicted octanol–water partition coefficient (Wildman–Crippen LogP) is 2.97. The molecule has 98 valence electrons. The van der Waals surface area contributed by atoms with E-state index in [9.17, 15) is 4.79 Å². The number of rotatable bonds is 4. The van der Waals surface area contributed by atoms with Gasteiger partial charge in [0.05, 0.1) is 0 Å². The summed E-state index contributed by atoms with van der Waals surface area (Å²) in [4.78, 5) is 11.9. The fraction of sp³-hybridized carbons (Fsp3) is 0.533. The number of anilines is 1. The van der Waals surface area contributed by atoms with Gasteiger partial charge in [0.15, 0.2) is 0 Å². The maximum Gasteiger partial charge on any atom is 0.251 e. The molecule has 0 heterocycles. The first-order valence-corrected chi connectivity index (χ1v) is 6.89. The third-order valence-corrected chi connectivity index (χ3v) is 3.71. The molecule has 3 nitrogen and oxygen atoms in total. The number of nitrogens with one attached hydrogen (secondary N) is 1. The van der Waals surface area contributed by atoms with E-state index in [2.05, 4.69) is 5.32 Å². The Morgan fingerprint density at radius 2 is 2.06 bits per heavy atom. The van der Waals surface area contributed by atoms with Gasteiger partial charge >= 0.3 is 0 Å². The van der Waals surface area contributed by atoms with Crippen LogP contribution in [0.3, 0.4) is 0 Å². The minimum atomic E-state index is -0.0156. The molecule has 2 rings (SSSR count). The first-order chi connectivity index (χ1) is 8.75. The number of carbonyl (C=O) groups is 1. The van der Waals surface area contributed by atoms with Crippen molar-refractivity contribution in [2.45, 2.75) is 38.5 Å². The van der Waals surface area contributed by atoms with Crippen LogP contribution in [0.4, 0.5) is 5.69 Å². The SMILES string of the molecule is Nc1cccc(C(=O)NCCC2CCCCC2)c1. The highest BCUT2D eigenvalue weighted by molar-refractivity contribution is 5.94. The van der Waals surface area contributed by atoms with Crippen LogP contribution in [-0.2, 0) is 0 Å². The largest absolute Gasteiger partial charge is 0.399 e. The number of nitrogen functional groups attached to an aromatic ring is 1. The van der Waals surface area contributed by atoms with Gasteiger partial charge in [-0.2, -0.15) is 0 Å². The van der Waals surface area contributed by atoms with Gasteiger partial charge in [-0.25, -0.2) is 0 Å². The molecule has 0 atom stereocenters. The summed E-state index contributed by atoms with van der Waals surface area (Å²) in [7, 11) is 0. The summed E-state index contributed by atoms with van der Waals surface area (Å²) in [6.07, 6.45) is 7.85. The molecule has 1 aliphatic rings. The van der Waals surface area contributed by atoms with Gasteiger partial charge in [-0.05, 0) is 30.5 Å². The van der Waals surface area contributed by atoms with Crippen molar-refractivity contribution in [2.24, 2.45) is 5.92 Å². The Balaban J connectivity index is 1.74. The lowest BCUT2D eigenvalue weighted by atomic mass is 9.87. The van der Waals surface area contributed by atoms with Gasteiger partial charge in [-0.15, -0.1) is 0 Å². The molecule has 1 fully saturated rings. The molecule has 1 saturated carbocycles. The molecule has 0 aromatic heterocycles. The van der Waals surface area contributed by atoms with E-state index in [0.29, 0.717) is 11.3 Å². The number of nitrogens with two attached hydrogens (primary N) is 1. The van der Waals surface area contributed by atoms with E-state index in [-0.39, 0.29) is 5.91 Å². The summed E-state index contributed by atoms with van der Waals surface area (Å²) in [5.74, 6) is 0.790. The molecule has 3 N–H and O–H groups in total. The van der Waals surface area contributed by atoms with Crippen LogP contribution in [0, 0.1) is 5.92 Å². The third-order valence-electron chi connectivity index (χ3n) is 3.71. The van der Waals surface area contributed by atoms with Crippen LogP contribution in [0.5, 0.6) is 0 Å². The Hall–Kier alpha value is -1.51. The molecule has 1 aliphatic carbocycles. The predicted molar refractivity (Wildman–Crippen MR) is 74.4 cm³/mol. The van der Waals surface area contributed by atoms with Crippen LogP contribution < -0.4 is 11.1 Å². The van der Waals surface area contributed by atoms with Gasteiger partial charge in [0, 0.05) is 17.8 Å². The standard InChI is InChI=1S/C15H22N2O/c16-14-8-4-7-13(11-14)15(18)17-10-9-12-5-2-1-3-6-12/h4,7-8,11-12H,1-3,5-6,9-10,16H2,(H,17,18). The van der Waals surface area contributed by atoms with Crippen LogP contribution in [0.2, 0.25) is 0 Å². The summed E-state index contributed by atoms with van der Waals surface area (Å²) in [6.45, 7) is 0.776. The summed E-state index contributed by atoms with van der Waals surface area (Å²) in [5, 5.41) is 2.98. The van der Waals surface area contributed by atoms with Crippen molar-refractivity contribution in [1.82, 2.24) is 5.32 Å². The van der Waals surface area contributed by atoms with Crippen molar-refractivity contribution in [3.63, 3.8) is 0 Å². The molecule has 0 saturated heterocycles. The van der Waals surface area contributed by atoms with Crippen LogP contribution in [0.1, 0.15) is 48.9 Å². The fourth-order valence-corrected chi connectivity index (χ4v) is 2.65. The highest BCUT2D eigenvalue weighted by atomic mass is 16.1. The van der Waals surface area contributed by atoms with E-state index in [0.717, 1.165) is 18.9 Å². The Labute approximate surface area is 109 Å². The lowest BCUT2D eigenvalue weighted by molar-refractivity contribution is 0.0950. The maximum absolute atomic E-state index is 11.9. The topological polar surface area (TPSA) is 55.1 Å². The number of amides is 1. The lowest BCUT2D eigenvalue weighted by Crippen LogP contribution is -2.26. The van der Waals surface area contributed by atoms with Crippen molar-refractivity contribution >= 4 is 11.6 Å². The second-order valence-corrected chi connectivity index (χ2v) is 5.17. The number of hydrogen-bond acceptors (Lipinski definition) is 2. The van der Waals surface area contributed by atoms with Gasteiger partial charge in [0.2, 0.25) is 0 Å². The van der Waals surface area contributed by atoms with E-state index in [4.69, 9.17) is 5.73 Å². The van der Waals surface area contributed by atoms with Gasteiger partial charge in [0.25, 0.3) is 5.91 Å². The third kappa shape index (κ3) is 3.76. The average Bonchev–Trinajstić information content (AvgIpc) is 2.40. The zero-order valence-corrected chi connectivity index (χ0v) is 10.8. The smallest absolute Gasteiger partial charge is 0.251 e. The van der Waals surface area contributed by atoms with Gasteiger partial charge in [-0.1, -0.05) is 38.2 Å². The van der Waals surface area contributed by atoms with E-state index in [1.807, 2.05) is 6.07 Å². The van der Waals surface area contributed by atoms with Crippen LogP contribution in [-0.4, -0.2) is 12.5 Å². The Morgan fingerprint density at radius 3 is 2.78 bits per heavy atom. The van der Waals surface area contributed by atoms with E-state index in [1.54, 1.807) is 18.2 Å². The molecular weight excluding hydrogens is 224 g/mol. The number of hydrogen-bond donors (Lipinski definition) is 2. The van der Waals surface area contributed by atoms with Crippen molar-refractivity contribution < 1.29 is 4.79 Å². The second-order valence-electron chi connectivity index (χ2n) is 5.17. The van der Waals surface area contributed by atoms with Crippen molar-refractivity contribution in [2.75, 3.05) is 12.3 Å². The number of benzene rings is 1. The maximum atomic E-state index is 11.9. The van der Waals surface area contributed by atoms with Crippen molar-refractivity contribution in [1.29, 1.82) is 0 Å². The molecule has 0 aliphatic heterocycles. The molecule has 0 unspecified atom stereocenters. The lowest BCUT2D eigenvalue weighted by Gasteiger charge is -2.21. The zero-order chi connectivity index (χ0) is 12.8. The van der Waals surface area contributed by atoms with Gasteiger partial charge in [-0.3, -0.25) is 4.79 Å². The van der Waals surface area contributed by atoms with Crippen LogP contribution in [0.25, 0.3) is 0 Å². The van der Waals surface area contributed by atoms with Crippen molar-refractivity contribution in [3.8, 4) is 0 Å². The highest BCUT2D eigenvalue weighted by Gasteiger charge is 2.13. The Kier molecular flexibility index (Phi) is 4.62. The Bertz CT molecular complexity index is 397.